The number of hydrogen-bond donors (Lipinski definition) is 4. The fraction of sp³-hybridized carbons (Fsp3) is 0.481. The first-order valence-electron chi connectivity index (χ1n) is 14.3. The van der Waals surface area contributed by atoms with E-state index in [0.717, 1.165) is 49.2 Å². The van der Waals surface area contributed by atoms with Gasteiger partial charge in [-0.15, -0.1) is 10.2 Å². The number of halogens is 6. The highest BCUT2D eigenvalue weighted by Gasteiger charge is 2.70. The summed E-state index contributed by atoms with van der Waals surface area (Å²) in [6.07, 6.45) is -4.75. The molecule has 4 aromatic heterocycles. The standard InChI is InChI=1S/C27H27F6N11O/c28-26(29,30)25(36,27(31,32)33)17-6-3-12(9-37-17)16-10-38-44-20(34)18(11-1-2-11)19(39-22(16)44)13-7-14-4-5-15(8-13)43(14)23(45)21-40-24(35)42-41-21/h3,6,9-11,13-15H,1-2,4-5,7-8,34,36H2,(H3,35,40,41,42)/t13-,14-,15+. The Labute approximate surface area is 250 Å². The quantitative estimate of drug-likeness (QED) is 0.237. The lowest BCUT2D eigenvalue weighted by atomic mass is 9.85. The van der Waals surface area contributed by atoms with Gasteiger partial charge in [0.25, 0.3) is 11.4 Å². The predicted octanol–water partition coefficient (Wildman–Crippen LogP) is 3.78. The summed E-state index contributed by atoms with van der Waals surface area (Å²) < 4.78 is 82.4. The van der Waals surface area contributed by atoms with Crippen molar-refractivity contribution < 1.29 is 31.1 Å². The molecular formula is C27H27F6N11O. The third kappa shape index (κ3) is 4.47. The highest BCUT2D eigenvalue weighted by atomic mass is 19.4. The van der Waals surface area contributed by atoms with Crippen LogP contribution in [0.15, 0.2) is 24.5 Å². The smallest absolute Gasteiger partial charge is 0.383 e. The Morgan fingerprint density at radius 3 is 2.11 bits per heavy atom. The van der Waals surface area contributed by atoms with Crippen LogP contribution in [0.2, 0.25) is 0 Å². The first-order chi connectivity index (χ1) is 21.2. The number of fused-ring (bicyclic) bond motifs is 3. The number of rotatable bonds is 5. The first-order valence-corrected chi connectivity index (χ1v) is 14.3. The number of nitrogens with two attached hydrogens (primary N) is 3. The van der Waals surface area contributed by atoms with Crippen LogP contribution in [-0.4, -0.2) is 70.0 Å². The molecule has 12 nitrogen and oxygen atoms in total. The van der Waals surface area contributed by atoms with Crippen molar-refractivity contribution >= 4 is 23.3 Å². The van der Waals surface area contributed by atoms with E-state index in [-0.39, 0.29) is 52.8 Å². The van der Waals surface area contributed by atoms with E-state index in [2.05, 4.69) is 25.3 Å². The molecule has 2 saturated heterocycles. The molecule has 1 aliphatic carbocycles. The number of carbonyl (C=O) groups is 1. The topological polar surface area (TPSA) is 183 Å². The lowest BCUT2D eigenvalue weighted by Gasteiger charge is -2.39. The zero-order chi connectivity index (χ0) is 32.1. The van der Waals surface area contributed by atoms with Crippen LogP contribution in [0.3, 0.4) is 0 Å². The normalized spacial score (nSPS) is 22.4. The Bertz CT molecular complexity index is 1770. The fourth-order valence-corrected chi connectivity index (χ4v) is 6.81. The number of nitrogen functional groups attached to an aromatic ring is 2. The third-order valence-electron chi connectivity index (χ3n) is 9.17. The summed E-state index contributed by atoms with van der Waals surface area (Å²) in [5.74, 6) is 0.336. The summed E-state index contributed by atoms with van der Waals surface area (Å²) in [5.41, 5.74) is 13.6. The van der Waals surface area contributed by atoms with Gasteiger partial charge in [-0.05, 0) is 50.5 Å². The molecular weight excluding hydrogens is 608 g/mol. The highest BCUT2D eigenvalue weighted by molar-refractivity contribution is 5.91. The number of carbonyl (C=O) groups excluding carboxylic acids is 1. The molecule has 3 atom stereocenters. The number of piperidine rings is 1. The Balaban J connectivity index is 1.25. The molecule has 7 rings (SSSR count). The molecule has 45 heavy (non-hydrogen) atoms. The van der Waals surface area contributed by atoms with Crippen molar-refractivity contribution in [1.29, 1.82) is 0 Å². The van der Waals surface area contributed by atoms with Crippen molar-refractivity contribution in [2.45, 2.75) is 80.3 Å². The molecule has 2 aliphatic heterocycles. The molecule has 2 bridgehead atoms. The van der Waals surface area contributed by atoms with Crippen LogP contribution < -0.4 is 17.2 Å². The Kier molecular flexibility index (Phi) is 6.34. The van der Waals surface area contributed by atoms with Crippen molar-refractivity contribution in [3.63, 3.8) is 0 Å². The van der Waals surface area contributed by atoms with Gasteiger partial charge >= 0.3 is 12.4 Å². The van der Waals surface area contributed by atoms with E-state index < -0.39 is 23.6 Å². The maximum absolute atomic E-state index is 13.5. The summed E-state index contributed by atoms with van der Waals surface area (Å²) in [7, 11) is 0. The van der Waals surface area contributed by atoms with Gasteiger partial charge in [0, 0.05) is 40.9 Å². The maximum Gasteiger partial charge on any atom is 0.421 e. The van der Waals surface area contributed by atoms with Gasteiger partial charge in [0.05, 0.1) is 17.6 Å². The van der Waals surface area contributed by atoms with Crippen molar-refractivity contribution in [2.75, 3.05) is 11.5 Å². The lowest BCUT2D eigenvalue weighted by molar-refractivity contribution is -0.303. The van der Waals surface area contributed by atoms with Gasteiger partial charge in [-0.2, -0.15) is 36.0 Å². The number of aromatic nitrogens is 7. The zero-order valence-electron chi connectivity index (χ0n) is 23.4. The average molecular weight is 636 g/mol. The number of alkyl halides is 6. The Morgan fingerprint density at radius 2 is 1.58 bits per heavy atom. The SMILES string of the molecule is Nc1nnc(C(=O)N2[C@@H]3CC[C@H]2C[C@H](c2nc4c(-c5ccc(C(N)(C(F)(F)F)C(F)(F)F)nc5)cnn4c(N)c2C2CC2)C3)[nH]1. The largest absolute Gasteiger partial charge is 0.421 e. The molecule has 6 heterocycles. The van der Waals surface area contributed by atoms with E-state index in [4.69, 9.17) is 22.2 Å². The molecule has 0 spiro atoms. The van der Waals surface area contributed by atoms with E-state index in [1.165, 1.54) is 10.7 Å². The zero-order valence-corrected chi connectivity index (χ0v) is 23.4. The van der Waals surface area contributed by atoms with Crippen LogP contribution >= 0.6 is 0 Å². The molecule has 0 unspecified atom stereocenters. The van der Waals surface area contributed by atoms with E-state index >= 15 is 0 Å². The number of hydrogen-bond acceptors (Lipinski definition) is 9. The minimum atomic E-state index is -5.84. The van der Waals surface area contributed by atoms with Gasteiger partial charge in [-0.25, -0.2) is 4.98 Å². The Morgan fingerprint density at radius 1 is 0.911 bits per heavy atom. The molecule has 18 heteroatoms. The number of anilines is 2. The molecule has 4 aromatic rings. The summed E-state index contributed by atoms with van der Waals surface area (Å²) in [6.45, 7) is 0. The summed E-state index contributed by atoms with van der Waals surface area (Å²) in [4.78, 5) is 26.3. The average Bonchev–Trinajstić information content (AvgIpc) is 3.47. The van der Waals surface area contributed by atoms with Gasteiger partial charge < -0.3 is 27.1 Å². The summed E-state index contributed by atoms with van der Waals surface area (Å²) in [6, 6.07) is 1.51. The number of aromatic amines is 1. The van der Waals surface area contributed by atoms with Gasteiger partial charge in [-0.1, -0.05) is 6.07 Å². The molecule has 0 aromatic carbocycles. The Hall–Kier alpha value is -4.48. The monoisotopic (exact) mass is 635 g/mol. The second-order valence-corrected chi connectivity index (χ2v) is 11.9. The first kappa shape index (κ1) is 29.2. The van der Waals surface area contributed by atoms with Crippen LogP contribution in [0.4, 0.5) is 38.1 Å². The number of nitrogens with zero attached hydrogens (tertiary/aromatic N) is 7. The molecule has 7 N–H and O–H groups in total. The predicted molar refractivity (Wildman–Crippen MR) is 146 cm³/mol. The molecule has 1 amide bonds. The van der Waals surface area contributed by atoms with Crippen molar-refractivity contribution in [2.24, 2.45) is 5.73 Å². The van der Waals surface area contributed by atoms with Crippen LogP contribution in [-0.2, 0) is 5.54 Å². The number of H-pyrrole nitrogens is 1. The van der Waals surface area contributed by atoms with E-state index in [0.29, 0.717) is 30.3 Å². The van der Waals surface area contributed by atoms with Crippen LogP contribution in [0, 0.1) is 0 Å². The summed E-state index contributed by atoms with van der Waals surface area (Å²) in [5, 5.41) is 11.9. The number of pyridine rings is 1. The third-order valence-corrected chi connectivity index (χ3v) is 9.17. The van der Waals surface area contributed by atoms with E-state index in [9.17, 15) is 31.1 Å². The van der Waals surface area contributed by atoms with Gasteiger partial charge in [0.15, 0.2) is 5.65 Å². The van der Waals surface area contributed by atoms with E-state index in [1.54, 1.807) is 0 Å². The maximum atomic E-state index is 13.5. The van der Waals surface area contributed by atoms with Crippen LogP contribution in [0.5, 0.6) is 0 Å². The highest BCUT2D eigenvalue weighted by Crippen LogP contribution is 2.51. The second kappa shape index (κ2) is 9.76. The molecule has 3 fully saturated rings. The molecule has 1 saturated carbocycles. The van der Waals surface area contributed by atoms with Crippen molar-refractivity contribution in [3.8, 4) is 11.1 Å². The van der Waals surface area contributed by atoms with Gasteiger partial charge in [-0.3, -0.25) is 9.78 Å². The lowest BCUT2D eigenvalue weighted by Crippen LogP contribution is -2.61. The minimum Gasteiger partial charge on any atom is -0.383 e. The van der Waals surface area contributed by atoms with Crippen molar-refractivity contribution in [1.82, 2.24) is 39.7 Å². The number of amides is 1. The van der Waals surface area contributed by atoms with Crippen molar-refractivity contribution in [3.05, 3.63) is 47.3 Å². The second-order valence-electron chi connectivity index (χ2n) is 11.9. The van der Waals surface area contributed by atoms with Gasteiger partial charge in [0.2, 0.25) is 11.8 Å². The number of nitrogens with one attached hydrogen (secondary N) is 1. The minimum absolute atomic E-state index is 0.0483. The molecule has 0 radical (unpaired) electrons. The van der Waals surface area contributed by atoms with Crippen LogP contribution in [0.25, 0.3) is 16.8 Å². The van der Waals surface area contributed by atoms with Gasteiger partial charge in [0.1, 0.15) is 5.82 Å². The van der Waals surface area contributed by atoms with E-state index in [1.807, 2.05) is 4.90 Å². The molecule has 238 valence electrons. The van der Waals surface area contributed by atoms with Crippen LogP contribution in [0.1, 0.15) is 77.9 Å². The summed E-state index contributed by atoms with van der Waals surface area (Å²) >= 11 is 0. The fourth-order valence-electron chi connectivity index (χ4n) is 6.81. The molecule has 3 aliphatic rings.